The standard InChI is InChI=1S/C19H24ClF3N6O.HI/c1-2-24-18(26-15-8-10-29(11-15)12-19(21,22)23)25-9-7-16-27-17(28-30-16)13-3-5-14(20)6-4-13;/h3-6,15H,2,7-12H2,1H3,(H2,24,25,26);1H. The Morgan fingerprint density at radius 2 is 2.06 bits per heavy atom. The zero-order chi connectivity index (χ0) is 21.6. The number of rotatable bonds is 7. The molecule has 1 saturated heterocycles. The van der Waals surface area contributed by atoms with Gasteiger partial charge in [-0.15, -0.1) is 24.0 Å². The van der Waals surface area contributed by atoms with Crippen LogP contribution in [0.2, 0.25) is 5.02 Å². The van der Waals surface area contributed by atoms with Crippen molar-refractivity contribution in [1.29, 1.82) is 0 Å². The first-order valence-corrected chi connectivity index (χ1v) is 10.1. The van der Waals surface area contributed by atoms with E-state index in [-0.39, 0.29) is 30.0 Å². The number of alkyl halides is 3. The minimum absolute atomic E-state index is 0. The van der Waals surface area contributed by atoms with Crippen molar-refractivity contribution in [1.82, 2.24) is 25.7 Å². The normalized spacial score (nSPS) is 17.5. The second-order valence-corrected chi connectivity index (χ2v) is 7.45. The molecule has 3 rings (SSSR count). The fourth-order valence-electron chi connectivity index (χ4n) is 3.20. The highest BCUT2D eigenvalue weighted by molar-refractivity contribution is 14.0. The summed E-state index contributed by atoms with van der Waals surface area (Å²) in [6, 6.07) is 7.05. The van der Waals surface area contributed by atoms with E-state index in [2.05, 4.69) is 25.8 Å². The molecule has 1 fully saturated rings. The van der Waals surface area contributed by atoms with Gasteiger partial charge in [0, 0.05) is 42.7 Å². The maximum atomic E-state index is 12.5. The number of nitrogens with zero attached hydrogens (tertiary/aromatic N) is 4. The van der Waals surface area contributed by atoms with Crippen LogP contribution in [0.4, 0.5) is 13.2 Å². The topological polar surface area (TPSA) is 78.6 Å². The third-order valence-electron chi connectivity index (χ3n) is 4.53. The van der Waals surface area contributed by atoms with Gasteiger partial charge in [0.1, 0.15) is 0 Å². The number of guanidine groups is 1. The highest BCUT2D eigenvalue weighted by Gasteiger charge is 2.34. The van der Waals surface area contributed by atoms with Crippen LogP contribution in [-0.4, -0.2) is 65.9 Å². The molecule has 1 aliphatic heterocycles. The summed E-state index contributed by atoms with van der Waals surface area (Å²) in [5.74, 6) is 1.50. The van der Waals surface area contributed by atoms with Gasteiger partial charge in [-0.2, -0.15) is 18.2 Å². The monoisotopic (exact) mass is 572 g/mol. The van der Waals surface area contributed by atoms with Gasteiger partial charge in [-0.25, -0.2) is 0 Å². The summed E-state index contributed by atoms with van der Waals surface area (Å²) in [5.41, 5.74) is 0.803. The number of aromatic nitrogens is 2. The fraction of sp³-hybridized carbons (Fsp3) is 0.526. The molecule has 2 heterocycles. The Labute approximate surface area is 200 Å². The SMILES string of the molecule is CCNC(=NCCc1nc(-c2ccc(Cl)cc2)no1)NC1CCN(CC(F)(F)F)C1.I. The Bertz CT molecular complexity index is 846. The zero-order valence-corrected chi connectivity index (χ0v) is 20.0. The third-order valence-corrected chi connectivity index (χ3v) is 4.78. The Hall–Kier alpha value is -1.60. The van der Waals surface area contributed by atoms with Crippen LogP contribution in [0.25, 0.3) is 11.4 Å². The molecule has 172 valence electrons. The third kappa shape index (κ3) is 8.45. The van der Waals surface area contributed by atoms with Crippen LogP contribution in [0, 0.1) is 0 Å². The summed E-state index contributed by atoms with van der Waals surface area (Å²) in [5, 5.41) is 10.9. The van der Waals surface area contributed by atoms with E-state index in [1.54, 1.807) is 12.1 Å². The number of halogens is 5. The van der Waals surface area contributed by atoms with Crippen LogP contribution in [-0.2, 0) is 6.42 Å². The van der Waals surface area contributed by atoms with Gasteiger partial charge in [-0.1, -0.05) is 16.8 Å². The van der Waals surface area contributed by atoms with Gasteiger partial charge in [0.15, 0.2) is 5.96 Å². The van der Waals surface area contributed by atoms with Crippen LogP contribution >= 0.6 is 35.6 Å². The molecule has 0 bridgehead atoms. The van der Waals surface area contributed by atoms with Gasteiger partial charge >= 0.3 is 6.18 Å². The Kier molecular flexibility index (Phi) is 9.82. The van der Waals surface area contributed by atoms with E-state index >= 15 is 0 Å². The van der Waals surface area contributed by atoms with Gasteiger partial charge in [-0.3, -0.25) is 9.89 Å². The highest BCUT2D eigenvalue weighted by Crippen LogP contribution is 2.20. The lowest BCUT2D eigenvalue weighted by Crippen LogP contribution is -2.45. The van der Waals surface area contributed by atoms with Crippen molar-refractivity contribution in [3.63, 3.8) is 0 Å². The highest BCUT2D eigenvalue weighted by atomic mass is 127. The average Bonchev–Trinajstić information content (AvgIpc) is 3.31. The van der Waals surface area contributed by atoms with Crippen LogP contribution in [0.3, 0.4) is 0 Å². The summed E-state index contributed by atoms with van der Waals surface area (Å²) >= 11 is 5.88. The second kappa shape index (κ2) is 11.9. The lowest BCUT2D eigenvalue weighted by Gasteiger charge is -2.19. The molecule has 1 unspecified atom stereocenters. The molecule has 2 N–H and O–H groups in total. The molecular weight excluding hydrogens is 548 g/mol. The molecule has 31 heavy (non-hydrogen) atoms. The molecular formula is C19H25ClF3IN6O. The molecule has 7 nitrogen and oxygen atoms in total. The fourth-order valence-corrected chi connectivity index (χ4v) is 3.32. The van der Waals surface area contributed by atoms with E-state index in [9.17, 15) is 13.2 Å². The average molecular weight is 573 g/mol. The predicted octanol–water partition coefficient (Wildman–Crippen LogP) is 3.74. The van der Waals surface area contributed by atoms with Crippen molar-refractivity contribution in [3.8, 4) is 11.4 Å². The van der Waals surface area contributed by atoms with Crippen molar-refractivity contribution in [3.05, 3.63) is 35.2 Å². The minimum atomic E-state index is -4.18. The van der Waals surface area contributed by atoms with Crippen molar-refractivity contribution in [2.45, 2.75) is 32.0 Å². The maximum absolute atomic E-state index is 12.5. The van der Waals surface area contributed by atoms with Crippen molar-refractivity contribution >= 4 is 41.5 Å². The molecule has 1 atom stereocenters. The molecule has 0 spiro atoms. The zero-order valence-electron chi connectivity index (χ0n) is 17.0. The van der Waals surface area contributed by atoms with Crippen molar-refractivity contribution in [2.24, 2.45) is 4.99 Å². The first kappa shape index (κ1) is 25.7. The van der Waals surface area contributed by atoms with Gasteiger partial charge in [-0.05, 0) is 37.6 Å². The lowest BCUT2D eigenvalue weighted by atomic mass is 10.2. The molecule has 1 aromatic heterocycles. The summed E-state index contributed by atoms with van der Waals surface area (Å²) in [7, 11) is 0. The number of nitrogens with one attached hydrogen (secondary N) is 2. The van der Waals surface area contributed by atoms with E-state index in [1.165, 1.54) is 4.90 Å². The van der Waals surface area contributed by atoms with E-state index in [4.69, 9.17) is 16.1 Å². The van der Waals surface area contributed by atoms with Crippen LogP contribution in [0.1, 0.15) is 19.2 Å². The van der Waals surface area contributed by atoms with Gasteiger partial charge in [0.25, 0.3) is 0 Å². The predicted molar refractivity (Wildman–Crippen MR) is 124 cm³/mol. The Balaban J connectivity index is 0.00000341. The van der Waals surface area contributed by atoms with Crippen LogP contribution in [0.15, 0.2) is 33.8 Å². The van der Waals surface area contributed by atoms with Gasteiger partial charge in [0.2, 0.25) is 11.7 Å². The molecule has 2 aromatic rings. The first-order chi connectivity index (χ1) is 14.3. The van der Waals surface area contributed by atoms with Crippen molar-refractivity contribution in [2.75, 3.05) is 32.7 Å². The number of aliphatic imine (C=N–C) groups is 1. The molecule has 1 aliphatic rings. The van der Waals surface area contributed by atoms with E-state index in [0.29, 0.717) is 61.7 Å². The number of likely N-dealkylation sites (tertiary alicyclic amines) is 1. The van der Waals surface area contributed by atoms with E-state index in [0.717, 1.165) is 5.56 Å². The number of hydrogen-bond acceptors (Lipinski definition) is 5. The van der Waals surface area contributed by atoms with Crippen molar-refractivity contribution < 1.29 is 17.7 Å². The summed E-state index contributed by atoms with van der Waals surface area (Å²) in [6.07, 6.45) is -3.10. The maximum Gasteiger partial charge on any atom is 0.401 e. The summed E-state index contributed by atoms with van der Waals surface area (Å²) in [6.45, 7) is 2.83. The van der Waals surface area contributed by atoms with E-state index in [1.807, 2.05) is 19.1 Å². The largest absolute Gasteiger partial charge is 0.401 e. The van der Waals surface area contributed by atoms with Crippen LogP contribution < -0.4 is 10.6 Å². The summed E-state index contributed by atoms with van der Waals surface area (Å²) in [4.78, 5) is 10.2. The Morgan fingerprint density at radius 1 is 1.32 bits per heavy atom. The van der Waals surface area contributed by atoms with E-state index < -0.39 is 12.7 Å². The number of benzene rings is 1. The quantitative estimate of drug-likeness (QED) is 0.299. The molecule has 0 radical (unpaired) electrons. The lowest BCUT2D eigenvalue weighted by molar-refractivity contribution is -0.143. The molecule has 1 aromatic carbocycles. The number of hydrogen-bond donors (Lipinski definition) is 2. The molecule has 0 aliphatic carbocycles. The summed E-state index contributed by atoms with van der Waals surface area (Å²) < 4.78 is 42.9. The first-order valence-electron chi connectivity index (χ1n) is 9.75. The smallest absolute Gasteiger partial charge is 0.357 e. The van der Waals surface area contributed by atoms with Gasteiger partial charge in [0.05, 0.1) is 13.1 Å². The molecule has 0 saturated carbocycles. The molecule has 0 amide bonds. The second-order valence-electron chi connectivity index (χ2n) is 7.01. The van der Waals surface area contributed by atoms with Crippen LogP contribution in [0.5, 0.6) is 0 Å². The minimum Gasteiger partial charge on any atom is -0.357 e. The van der Waals surface area contributed by atoms with Gasteiger partial charge < -0.3 is 15.2 Å². The molecule has 12 heteroatoms. The Morgan fingerprint density at radius 3 is 2.74 bits per heavy atom.